The summed E-state index contributed by atoms with van der Waals surface area (Å²) in [5, 5.41) is 14.1. The molecule has 3 N–H and O–H groups in total. The molecule has 9 heteroatoms. The van der Waals surface area contributed by atoms with Crippen LogP contribution in [0.5, 0.6) is 0 Å². The Morgan fingerprint density at radius 2 is 1.67 bits per heavy atom. The molecule has 0 unspecified atom stereocenters. The van der Waals surface area contributed by atoms with Gasteiger partial charge in [0.1, 0.15) is 0 Å². The van der Waals surface area contributed by atoms with E-state index in [0.29, 0.717) is 22.5 Å². The Morgan fingerprint density at radius 1 is 0.889 bits per heavy atom. The summed E-state index contributed by atoms with van der Waals surface area (Å²) in [6.07, 6.45) is 0. The molecular weight excluding hydrogens is 474 g/mol. The summed E-state index contributed by atoms with van der Waals surface area (Å²) in [6, 6.07) is 19.8. The van der Waals surface area contributed by atoms with Gasteiger partial charge >= 0.3 is 0 Å². The van der Waals surface area contributed by atoms with Crippen molar-refractivity contribution in [3.8, 4) is 11.3 Å². The van der Waals surface area contributed by atoms with Crippen LogP contribution in [-0.4, -0.2) is 32.7 Å². The average Bonchev–Trinajstić information content (AvgIpc) is 2.87. The second-order valence-electron chi connectivity index (χ2n) is 8.31. The zero-order valence-corrected chi connectivity index (χ0v) is 20.9. The molecule has 0 radical (unpaired) electrons. The molecule has 1 heterocycles. The molecule has 0 saturated heterocycles. The number of nitrogens with zero attached hydrogens (tertiary/aromatic N) is 2. The highest BCUT2D eigenvalue weighted by Crippen LogP contribution is 2.26. The maximum atomic E-state index is 12.9. The summed E-state index contributed by atoms with van der Waals surface area (Å²) in [4.78, 5) is 40.6. The zero-order valence-electron chi connectivity index (χ0n) is 20.1. The second-order valence-corrected chi connectivity index (χ2v) is 9.28. The van der Waals surface area contributed by atoms with Gasteiger partial charge in [0.05, 0.1) is 11.4 Å². The third kappa shape index (κ3) is 6.05. The Hall–Kier alpha value is -4.24. The van der Waals surface area contributed by atoms with E-state index in [1.165, 1.54) is 0 Å². The van der Waals surface area contributed by atoms with Gasteiger partial charge in [0.15, 0.2) is 10.9 Å². The van der Waals surface area contributed by atoms with Gasteiger partial charge in [-0.05, 0) is 68.3 Å². The standard InChI is InChI=1S/C27H25N5O3S/c1-16-9-12-22(29-25(34)19-7-5-4-6-8-19)21(13-16)24-26(35)30-27(32-31-24)36-15-23(33)28-20-11-10-17(2)18(3)14-20/h4-14H,15H2,1-3H3,(H,28,33)(H,29,34)(H,30,32,35). The molecule has 8 nitrogen and oxygen atoms in total. The number of nitrogens with one attached hydrogen (secondary N) is 3. The number of H-pyrrole nitrogens is 1. The van der Waals surface area contributed by atoms with E-state index >= 15 is 0 Å². The summed E-state index contributed by atoms with van der Waals surface area (Å²) < 4.78 is 0. The Balaban J connectivity index is 1.48. The first-order valence-electron chi connectivity index (χ1n) is 11.2. The molecule has 0 aliphatic heterocycles. The van der Waals surface area contributed by atoms with E-state index in [-0.39, 0.29) is 28.4 Å². The Kier molecular flexibility index (Phi) is 7.60. The lowest BCUT2D eigenvalue weighted by Crippen LogP contribution is -2.18. The third-order valence-electron chi connectivity index (χ3n) is 5.52. The highest BCUT2D eigenvalue weighted by molar-refractivity contribution is 7.99. The van der Waals surface area contributed by atoms with Crippen molar-refractivity contribution in [1.82, 2.24) is 15.2 Å². The number of carbonyl (C=O) groups is 2. The number of thioether (sulfide) groups is 1. The number of carbonyl (C=O) groups excluding carboxylic acids is 2. The van der Waals surface area contributed by atoms with Gasteiger partial charge in [-0.25, -0.2) is 0 Å². The molecule has 0 bridgehead atoms. The number of aryl methyl sites for hydroxylation is 3. The number of rotatable bonds is 7. The lowest BCUT2D eigenvalue weighted by molar-refractivity contribution is -0.113. The quantitative estimate of drug-likeness (QED) is 0.316. The third-order valence-corrected chi connectivity index (χ3v) is 6.39. The molecule has 0 atom stereocenters. The van der Waals surface area contributed by atoms with Crippen molar-refractivity contribution in [2.75, 3.05) is 16.4 Å². The summed E-state index contributed by atoms with van der Waals surface area (Å²) >= 11 is 1.08. The fraction of sp³-hybridized carbons (Fsp3) is 0.148. The highest BCUT2D eigenvalue weighted by atomic mass is 32.2. The van der Waals surface area contributed by atoms with Crippen molar-refractivity contribution in [3.63, 3.8) is 0 Å². The smallest absolute Gasteiger partial charge is 0.278 e. The second kappa shape index (κ2) is 11.0. The molecule has 0 saturated carbocycles. The van der Waals surface area contributed by atoms with Gasteiger partial charge in [-0.3, -0.25) is 19.4 Å². The minimum atomic E-state index is -0.470. The number of hydrogen-bond acceptors (Lipinski definition) is 6. The molecule has 3 aromatic carbocycles. The maximum absolute atomic E-state index is 12.9. The van der Waals surface area contributed by atoms with Gasteiger partial charge in [-0.15, -0.1) is 10.2 Å². The molecule has 0 aliphatic rings. The van der Waals surface area contributed by atoms with Crippen molar-refractivity contribution < 1.29 is 9.59 Å². The Bertz CT molecular complexity index is 1480. The molecular formula is C27H25N5O3S. The van der Waals surface area contributed by atoms with Crippen molar-refractivity contribution in [2.24, 2.45) is 0 Å². The van der Waals surface area contributed by atoms with Crippen LogP contribution in [0.15, 0.2) is 76.7 Å². The fourth-order valence-electron chi connectivity index (χ4n) is 3.46. The van der Waals surface area contributed by atoms with Gasteiger partial charge in [0.25, 0.3) is 11.5 Å². The monoisotopic (exact) mass is 499 g/mol. The van der Waals surface area contributed by atoms with E-state index in [2.05, 4.69) is 25.8 Å². The first-order valence-corrected chi connectivity index (χ1v) is 12.2. The summed E-state index contributed by atoms with van der Waals surface area (Å²) in [6.45, 7) is 5.87. The SMILES string of the molecule is Cc1ccc(NC(=O)c2ccccc2)c(-c2nnc(SCC(=O)Nc3ccc(C)c(C)c3)[nH]c2=O)c1. The van der Waals surface area contributed by atoms with E-state index < -0.39 is 5.56 Å². The number of anilines is 2. The van der Waals surface area contributed by atoms with Gasteiger partial charge < -0.3 is 10.6 Å². The normalized spacial score (nSPS) is 10.6. The van der Waals surface area contributed by atoms with Gasteiger partial charge in [-0.1, -0.05) is 47.7 Å². The van der Waals surface area contributed by atoms with Crippen LogP contribution in [-0.2, 0) is 4.79 Å². The van der Waals surface area contributed by atoms with Crippen LogP contribution in [0.25, 0.3) is 11.3 Å². The van der Waals surface area contributed by atoms with E-state index in [1.807, 2.05) is 51.1 Å². The van der Waals surface area contributed by atoms with Crippen LogP contribution in [0.1, 0.15) is 27.0 Å². The molecule has 0 fully saturated rings. The van der Waals surface area contributed by atoms with Gasteiger partial charge in [0, 0.05) is 16.8 Å². The Morgan fingerprint density at radius 3 is 2.39 bits per heavy atom. The largest absolute Gasteiger partial charge is 0.325 e. The van der Waals surface area contributed by atoms with Gasteiger partial charge in [-0.2, -0.15) is 0 Å². The predicted octanol–water partition coefficient (Wildman–Crippen LogP) is 4.74. The lowest BCUT2D eigenvalue weighted by atomic mass is 10.1. The van der Waals surface area contributed by atoms with E-state index in [9.17, 15) is 14.4 Å². The molecule has 2 amide bonds. The van der Waals surface area contributed by atoms with Crippen molar-refractivity contribution in [3.05, 3.63) is 99.3 Å². The summed E-state index contributed by atoms with van der Waals surface area (Å²) in [5.41, 5.74) is 4.84. The highest BCUT2D eigenvalue weighted by Gasteiger charge is 2.16. The lowest BCUT2D eigenvalue weighted by Gasteiger charge is -2.11. The average molecular weight is 500 g/mol. The number of amides is 2. The molecule has 0 aliphatic carbocycles. The summed E-state index contributed by atoms with van der Waals surface area (Å²) in [5.74, 6) is -0.466. The van der Waals surface area contributed by atoms with Crippen LogP contribution >= 0.6 is 11.8 Å². The van der Waals surface area contributed by atoms with E-state index in [0.717, 1.165) is 28.5 Å². The van der Waals surface area contributed by atoms with Crippen LogP contribution in [0, 0.1) is 20.8 Å². The molecule has 0 spiro atoms. The van der Waals surface area contributed by atoms with Crippen molar-refractivity contribution in [1.29, 1.82) is 0 Å². The van der Waals surface area contributed by atoms with Crippen LogP contribution in [0.3, 0.4) is 0 Å². The predicted molar refractivity (Wildman–Crippen MR) is 142 cm³/mol. The van der Waals surface area contributed by atoms with E-state index in [4.69, 9.17) is 0 Å². The Labute approximate surface area is 212 Å². The van der Waals surface area contributed by atoms with E-state index in [1.54, 1.807) is 36.4 Å². The zero-order chi connectivity index (χ0) is 25.7. The van der Waals surface area contributed by atoms with Crippen molar-refractivity contribution >= 4 is 35.0 Å². The van der Waals surface area contributed by atoms with Gasteiger partial charge in [0.2, 0.25) is 5.91 Å². The fourth-order valence-corrected chi connectivity index (χ4v) is 4.06. The number of aromatic amines is 1. The van der Waals surface area contributed by atoms with Crippen molar-refractivity contribution in [2.45, 2.75) is 25.9 Å². The molecule has 1 aromatic heterocycles. The first-order chi connectivity index (χ1) is 17.3. The number of aromatic nitrogens is 3. The number of hydrogen-bond donors (Lipinski definition) is 3. The topological polar surface area (TPSA) is 117 Å². The minimum absolute atomic E-state index is 0.0553. The van der Waals surface area contributed by atoms with Crippen LogP contribution < -0.4 is 16.2 Å². The molecule has 4 aromatic rings. The number of benzene rings is 3. The summed E-state index contributed by atoms with van der Waals surface area (Å²) in [7, 11) is 0. The molecule has 4 rings (SSSR count). The molecule has 36 heavy (non-hydrogen) atoms. The first kappa shape index (κ1) is 24.9. The maximum Gasteiger partial charge on any atom is 0.278 e. The molecule has 182 valence electrons. The van der Waals surface area contributed by atoms with Crippen LogP contribution in [0.4, 0.5) is 11.4 Å². The van der Waals surface area contributed by atoms with Crippen LogP contribution in [0.2, 0.25) is 0 Å². The minimum Gasteiger partial charge on any atom is -0.325 e.